The van der Waals surface area contributed by atoms with Crippen molar-refractivity contribution in [3.63, 3.8) is 0 Å². The number of rotatable bonds is 14. The first-order valence-corrected chi connectivity index (χ1v) is 16.6. The van der Waals surface area contributed by atoms with Crippen molar-refractivity contribution < 1.29 is 22.7 Å². The summed E-state index contributed by atoms with van der Waals surface area (Å²) in [6, 6.07) is 29.3. The van der Waals surface area contributed by atoms with Crippen LogP contribution in [0.15, 0.2) is 108 Å². The van der Waals surface area contributed by atoms with Gasteiger partial charge in [-0.05, 0) is 80.8 Å². The maximum Gasteiger partial charge on any atom is 0.264 e. The number of aryl methyl sites for hydroxylation is 2. The van der Waals surface area contributed by atoms with E-state index in [1.54, 1.807) is 36.4 Å². The molecule has 4 rings (SSSR count). The molecular formula is C36H41N3O5S. The Morgan fingerprint density at radius 2 is 1.47 bits per heavy atom. The van der Waals surface area contributed by atoms with Gasteiger partial charge in [-0.25, -0.2) is 8.42 Å². The van der Waals surface area contributed by atoms with Crippen molar-refractivity contribution in [2.45, 2.75) is 58.0 Å². The lowest BCUT2D eigenvalue weighted by molar-refractivity contribution is -0.140. The van der Waals surface area contributed by atoms with Gasteiger partial charge in [0, 0.05) is 13.1 Å². The summed E-state index contributed by atoms with van der Waals surface area (Å²) >= 11 is 0. The minimum Gasteiger partial charge on any atom is -0.457 e. The minimum atomic E-state index is -4.17. The SMILES string of the molecule is CCCNC(=O)C(CC)N(Cc1cccc(C)c1)C(=O)CN(c1ccc(Oc2ccccc2)cc1)S(=O)(=O)c1ccc(C)cc1. The van der Waals surface area contributed by atoms with Crippen LogP contribution in [-0.2, 0) is 26.2 Å². The number of hydrogen-bond acceptors (Lipinski definition) is 5. The summed E-state index contributed by atoms with van der Waals surface area (Å²) in [4.78, 5) is 29.1. The number of sulfonamides is 1. The number of anilines is 1. The number of ether oxygens (including phenoxy) is 1. The second-order valence-electron chi connectivity index (χ2n) is 11.0. The molecule has 0 spiro atoms. The molecule has 1 N–H and O–H groups in total. The largest absolute Gasteiger partial charge is 0.457 e. The fourth-order valence-corrected chi connectivity index (χ4v) is 6.38. The average molecular weight is 628 g/mol. The topological polar surface area (TPSA) is 96.0 Å². The number of para-hydroxylation sites is 1. The third kappa shape index (κ3) is 8.73. The Labute approximate surface area is 266 Å². The maximum absolute atomic E-state index is 14.3. The molecule has 4 aromatic carbocycles. The first kappa shape index (κ1) is 33.3. The highest BCUT2D eigenvalue weighted by Crippen LogP contribution is 2.29. The van der Waals surface area contributed by atoms with E-state index in [9.17, 15) is 18.0 Å². The fraction of sp³-hybridized carbons (Fsp3) is 0.278. The second kappa shape index (κ2) is 15.4. The van der Waals surface area contributed by atoms with Crippen LogP contribution in [0.5, 0.6) is 11.5 Å². The first-order chi connectivity index (χ1) is 21.6. The highest BCUT2D eigenvalue weighted by Gasteiger charge is 2.33. The monoisotopic (exact) mass is 627 g/mol. The van der Waals surface area contributed by atoms with E-state index in [4.69, 9.17) is 4.74 Å². The molecule has 0 saturated carbocycles. The van der Waals surface area contributed by atoms with Gasteiger partial charge in [-0.2, -0.15) is 0 Å². The fourth-order valence-electron chi connectivity index (χ4n) is 4.96. The van der Waals surface area contributed by atoms with Gasteiger partial charge < -0.3 is 15.0 Å². The Kier molecular flexibility index (Phi) is 11.4. The standard InChI is InChI=1S/C36H41N3O5S/c1-5-23-37-36(41)34(6-2)38(25-29-12-10-11-28(4)24-29)35(40)26-39(45(42,43)33-21-15-27(3)16-22-33)30-17-19-32(20-18-30)44-31-13-8-7-9-14-31/h7-22,24,34H,5-6,23,25-26H2,1-4H3,(H,37,41). The van der Waals surface area contributed by atoms with Gasteiger partial charge in [0.1, 0.15) is 24.1 Å². The van der Waals surface area contributed by atoms with Crippen molar-refractivity contribution in [2.75, 3.05) is 17.4 Å². The lowest BCUT2D eigenvalue weighted by Gasteiger charge is -2.33. The zero-order valence-corrected chi connectivity index (χ0v) is 27.1. The Hall–Kier alpha value is -4.63. The molecule has 236 valence electrons. The number of carbonyl (C=O) groups excluding carboxylic acids is 2. The van der Waals surface area contributed by atoms with Crippen LogP contribution in [0.1, 0.15) is 43.4 Å². The Bertz CT molecular complexity index is 1670. The summed E-state index contributed by atoms with van der Waals surface area (Å²) in [6.07, 6.45) is 1.11. The molecule has 45 heavy (non-hydrogen) atoms. The molecule has 0 aliphatic rings. The quantitative estimate of drug-likeness (QED) is 0.169. The van der Waals surface area contributed by atoms with Crippen LogP contribution >= 0.6 is 0 Å². The lowest BCUT2D eigenvalue weighted by atomic mass is 10.1. The Balaban J connectivity index is 1.72. The lowest BCUT2D eigenvalue weighted by Crippen LogP contribution is -2.52. The van der Waals surface area contributed by atoms with Crippen LogP contribution < -0.4 is 14.4 Å². The van der Waals surface area contributed by atoms with E-state index in [1.807, 2.05) is 82.3 Å². The molecule has 2 amide bonds. The van der Waals surface area contributed by atoms with E-state index >= 15 is 0 Å². The average Bonchev–Trinajstić information content (AvgIpc) is 3.03. The molecule has 0 aliphatic carbocycles. The van der Waals surface area contributed by atoms with Gasteiger partial charge in [0.25, 0.3) is 10.0 Å². The van der Waals surface area contributed by atoms with Crippen molar-refractivity contribution in [1.82, 2.24) is 10.2 Å². The van der Waals surface area contributed by atoms with Crippen molar-refractivity contribution in [2.24, 2.45) is 0 Å². The molecule has 0 fully saturated rings. The summed E-state index contributed by atoms with van der Waals surface area (Å²) in [5.74, 6) is 0.401. The van der Waals surface area contributed by atoms with Crippen LogP contribution in [0, 0.1) is 13.8 Å². The van der Waals surface area contributed by atoms with Gasteiger partial charge >= 0.3 is 0 Å². The molecule has 0 aromatic heterocycles. The minimum absolute atomic E-state index is 0.0588. The Morgan fingerprint density at radius 1 is 0.800 bits per heavy atom. The van der Waals surface area contributed by atoms with E-state index in [1.165, 1.54) is 17.0 Å². The summed E-state index contributed by atoms with van der Waals surface area (Å²) in [5.41, 5.74) is 3.07. The van der Waals surface area contributed by atoms with Crippen molar-refractivity contribution in [1.29, 1.82) is 0 Å². The molecule has 1 unspecified atom stereocenters. The van der Waals surface area contributed by atoms with Gasteiger partial charge in [0.2, 0.25) is 11.8 Å². The molecule has 0 saturated heterocycles. The smallest absolute Gasteiger partial charge is 0.264 e. The molecule has 0 radical (unpaired) electrons. The molecule has 0 bridgehead atoms. The van der Waals surface area contributed by atoms with Gasteiger partial charge in [-0.3, -0.25) is 13.9 Å². The van der Waals surface area contributed by atoms with Crippen molar-refractivity contribution in [3.8, 4) is 11.5 Å². The van der Waals surface area contributed by atoms with Gasteiger partial charge in [0.15, 0.2) is 0 Å². The summed E-state index contributed by atoms with van der Waals surface area (Å²) in [5, 5.41) is 2.91. The number of carbonyl (C=O) groups is 2. The third-order valence-corrected chi connectivity index (χ3v) is 9.15. The first-order valence-electron chi connectivity index (χ1n) is 15.2. The van der Waals surface area contributed by atoms with Crippen LogP contribution in [-0.4, -0.2) is 44.3 Å². The van der Waals surface area contributed by atoms with Crippen LogP contribution in [0.25, 0.3) is 0 Å². The molecule has 1 atom stereocenters. The number of nitrogens with zero attached hydrogens (tertiary/aromatic N) is 2. The molecule has 8 nitrogen and oxygen atoms in total. The van der Waals surface area contributed by atoms with Gasteiger partial charge in [-0.15, -0.1) is 0 Å². The van der Waals surface area contributed by atoms with E-state index < -0.39 is 28.5 Å². The zero-order chi connectivity index (χ0) is 32.4. The van der Waals surface area contributed by atoms with E-state index in [0.29, 0.717) is 30.2 Å². The maximum atomic E-state index is 14.3. The number of hydrogen-bond donors (Lipinski definition) is 1. The molecular weight excluding hydrogens is 586 g/mol. The highest BCUT2D eigenvalue weighted by atomic mass is 32.2. The van der Waals surface area contributed by atoms with Crippen molar-refractivity contribution in [3.05, 3.63) is 120 Å². The van der Waals surface area contributed by atoms with Crippen LogP contribution in [0.2, 0.25) is 0 Å². The Morgan fingerprint density at radius 3 is 2.09 bits per heavy atom. The normalized spacial score (nSPS) is 11.8. The summed E-state index contributed by atoms with van der Waals surface area (Å²) in [7, 11) is -4.17. The number of amides is 2. The molecule has 0 heterocycles. The number of nitrogens with one attached hydrogen (secondary N) is 1. The zero-order valence-electron chi connectivity index (χ0n) is 26.3. The summed E-state index contributed by atoms with van der Waals surface area (Å²) in [6.45, 7) is 7.77. The third-order valence-electron chi connectivity index (χ3n) is 7.36. The van der Waals surface area contributed by atoms with Crippen LogP contribution in [0.4, 0.5) is 5.69 Å². The number of benzene rings is 4. The molecule has 9 heteroatoms. The van der Waals surface area contributed by atoms with E-state index in [2.05, 4.69) is 5.32 Å². The summed E-state index contributed by atoms with van der Waals surface area (Å²) < 4.78 is 35.3. The highest BCUT2D eigenvalue weighted by molar-refractivity contribution is 7.92. The van der Waals surface area contributed by atoms with Crippen molar-refractivity contribution >= 4 is 27.5 Å². The predicted molar refractivity (Wildman–Crippen MR) is 178 cm³/mol. The van der Waals surface area contributed by atoms with Gasteiger partial charge in [-0.1, -0.05) is 79.6 Å². The molecule has 4 aromatic rings. The van der Waals surface area contributed by atoms with E-state index in [0.717, 1.165) is 27.4 Å². The van der Waals surface area contributed by atoms with E-state index in [-0.39, 0.29) is 17.3 Å². The van der Waals surface area contributed by atoms with Crippen LogP contribution in [0.3, 0.4) is 0 Å². The van der Waals surface area contributed by atoms with Gasteiger partial charge in [0.05, 0.1) is 10.6 Å². The molecule has 0 aliphatic heterocycles. The predicted octanol–water partition coefficient (Wildman–Crippen LogP) is 6.62. The second-order valence-corrected chi connectivity index (χ2v) is 12.8.